The quantitative estimate of drug-likeness (QED) is 0.929. The minimum atomic E-state index is 0.0719. The fraction of sp³-hybridized carbons (Fsp3) is 0.444. The van der Waals surface area contributed by atoms with Crippen LogP contribution in [0, 0.1) is 0 Å². The number of rotatable bonds is 3. The Kier molecular flexibility index (Phi) is 5.21. The first kappa shape index (κ1) is 17.0. The Labute approximate surface area is 147 Å². The van der Waals surface area contributed by atoms with Crippen LogP contribution in [-0.4, -0.2) is 46.8 Å². The van der Waals surface area contributed by atoms with Crippen LogP contribution in [0.25, 0.3) is 5.69 Å². The maximum Gasteiger partial charge on any atom is 0.257 e. The molecule has 1 N–H and O–H groups in total. The molecule has 0 atom stereocenters. The lowest BCUT2D eigenvalue weighted by atomic mass is 10.0. The maximum atomic E-state index is 13.0. The van der Waals surface area contributed by atoms with E-state index in [1.807, 2.05) is 33.8 Å². The molecule has 1 aromatic heterocycles. The molecular weight excluding hydrogens is 324 g/mol. The Bertz CT molecular complexity index is 700. The van der Waals surface area contributed by atoms with Gasteiger partial charge in [0.25, 0.3) is 5.91 Å². The van der Waals surface area contributed by atoms with E-state index in [1.165, 1.54) is 0 Å². The van der Waals surface area contributed by atoms with E-state index < -0.39 is 0 Å². The lowest BCUT2D eigenvalue weighted by Crippen LogP contribution is -2.34. The first-order valence-electron chi connectivity index (χ1n) is 8.42. The second kappa shape index (κ2) is 7.36. The van der Waals surface area contributed by atoms with E-state index in [2.05, 4.69) is 24.3 Å². The number of carbonyl (C=O) groups excluding carboxylic acids is 1. The molecule has 1 aliphatic rings. The predicted molar refractivity (Wildman–Crippen MR) is 96.1 cm³/mol. The van der Waals surface area contributed by atoms with Crippen LogP contribution in [0.3, 0.4) is 0 Å². The molecule has 24 heavy (non-hydrogen) atoms. The second-order valence-electron chi connectivity index (χ2n) is 6.38. The summed E-state index contributed by atoms with van der Waals surface area (Å²) in [7, 11) is 0. The summed E-state index contributed by atoms with van der Waals surface area (Å²) >= 11 is 5.98. The topological polar surface area (TPSA) is 50.2 Å². The summed E-state index contributed by atoms with van der Waals surface area (Å²) in [6.07, 6.45) is 2.68. The number of aromatic nitrogens is 2. The van der Waals surface area contributed by atoms with Gasteiger partial charge in [-0.15, -0.1) is 0 Å². The van der Waals surface area contributed by atoms with Crippen molar-refractivity contribution >= 4 is 17.5 Å². The van der Waals surface area contributed by atoms with Crippen molar-refractivity contribution in [2.45, 2.75) is 26.2 Å². The van der Waals surface area contributed by atoms with Crippen molar-refractivity contribution in [2.24, 2.45) is 0 Å². The third-order valence-electron chi connectivity index (χ3n) is 4.28. The van der Waals surface area contributed by atoms with E-state index in [0.717, 1.165) is 44.0 Å². The maximum absolute atomic E-state index is 13.0. The van der Waals surface area contributed by atoms with Crippen molar-refractivity contribution in [3.8, 4) is 5.69 Å². The zero-order valence-electron chi connectivity index (χ0n) is 14.1. The molecule has 0 saturated carbocycles. The minimum Gasteiger partial charge on any atom is -0.337 e. The summed E-state index contributed by atoms with van der Waals surface area (Å²) in [6.45, 7) is 7.51. The van der Waals surface area contributed by atoms with E-state index in [0.29, 0.717) is 10.6 Å². The van der Waals surface area contributed by atoms with Gasteiger partial charge in [0.2, 0.25) is 0 Å². The van der Waals surface area contributed by atoms with E-state index >= 15 is 0 Å². The summed E-state index contributed by atoms with van der Waals surface area (Å²) in [5.41, 5.74) is 2.56. The van der Waals surface area contributed by atoms with Crippen LogP contribution in [0.2, 0.25) is 5.02 Å². The molecular formula is C18H23ClN4O. The van der Waals surface area contributed by atoms with Gasteiger partial charge in [-0.3, -0.25) is 4.79 Å². The normalized spacial score (nSPS) is 15.6. The molecule has 1 aliphatic heterocycles. The molecule has 2 heterocycles. The molecule has 0 aliphatic carbocycles. The summed E-state index contributed by atoms with van der Waals surface area (Å²) in [6, 6.07) is 7.52. The molecule has 6 heteroatoms. The molecule has 1 amide bonds. The zero-order chi connectivity index (χ0) is 17.1. The second-order valence-corrected chi connectivity index (χ2v) is 6.82. The number of amides is 1. The smallest absolute Gasteiger partial charge is 0.257 e. The Morgan fingerprint density at radius 1 is 1.21 bits per heavy atom. The number of carbonyl (C=O) groups is 1. The van der Waals surface area contributed by atoms with Gasteiger partial charge in [0.05, 0.1) is 23.1 Å². The first-order chi connectivity index (χ1) is 11.6. The molecule has 0 radical (unpaired) electrons. The average molecular weight is 347 g/mol. The molecule has 0 spiro atoms. The Morgan fingerprint density at radius 2 is 1.96 bits per heavy atom. The van der Waals surface area contributed by atoms with Crippen LogP contribution in [0.15, 0.2) is 30.5 Å². The van der Waals surface area contributed by atoms with Crippen molar-refractivity contribution in [1.29, 1.82) is 0 Å². The summed E-state index contributed by atoms with van der Waals surface area (Å²) < 4.78 is 1.85. The lowest BCUT2D eigenvalue weighted by Gasteiger charge is -2.21. The van der Waals surface area contributed by atoms with Crippen LogP contribution in [-0.2, 0) is 0 Å². The number of hydrogen-bond acceptors (Lipinski definition) is 3. The van der Waals surface area contributed by atoms with Gasteiger partial charge in [0.15, 0.2) is 0 Å². The molecule has 1 fully saturated rings. The third-order valence-corrected chi connectivity index (χ3v) is 4.53. The van der Waals surface area contributed by atoms with Crippen molar-refractivity contribution in [3.05, 3.63) is 46.7 Å². The number of nitrogens with zero attached hydrogens (tertiary/aromatic N) is 3. The highest BCUT2D eigenvalue weighted by atomic mass is 35.5. The van der Waals surface area contributed by atoms with Gasteiger partial charge in [0.1, 0.15) is 0 Å². The van der Waals surface area contributed by atoms with E-state index in [4.69, 9.17) is 11.6 Å². The fourth-order valence-corrected chi connectivity index (χ4v) is 3.21. The number of hydrogen-bond donors (Lipinski definition) is 1. The van der Waals surface area contributed by atoms with Gasteiger partial charge in [-0.05, 0) is 43.1 Å². The van der Waals surface area contributed by atoms with E-state index in [9.17, 15) is 4.79 Å². The minimum absolute atomic E-state index is 0.0719. The average Bonchev–Trinajstić information content (AvgIpc) is 2.83. The van der Waals surface area contributed by atoms with Crippen LogP contribution in [0.5, 0.6) is 0 Å². The van der Waals surface area contributed by atoms with Crippen LogP contribution >= 0.6 is 11.6 Å². The Morgan fingerprint density at radius 3 is 2.67 bits per heavy atom. The third kappa shape index (κ3) is 3.47. The molecule has 1 saturated heterocycles. The van der Waals surface area contributed by atoms with Crippen molar-refractivity contribution in [3.63, 3.8) is 0 Å². The lowest BCUT2D eigenvalue weighted by molar-refractivity contribution is 0.0765. The largest absolute Gasteiger partial charge is 0.337 e. The summed E-state index contributed by atoms with van der Waals surface area (Å²) in [5.74, 6) is 0.259. The summed E-state index contributed by atoms with van der Waals surface area (Å²) in [4.78, 5) is 14.9. The predicted octanol–water partition coefficient (Wildman–Crippen LogP) is 3.08. The van der Waals surface area contributed by atoms with Crippen molar-refractivity contribution < 1.29 is 4.79 Å². The van der Waals surface area contributed by atoms with Crippen LogP contribution in [0.1, 0.15) is 42.2 Å². The van der Waals surface area contributed by atoms with Gasteiger partial charge in [-0.25, -0.2) is 4.68 Å². The molecule has 1 aromatic carbocycles. The molecule has 128 valence electrons. The molecule has 2 aromatic rings. The number of benzene rings is 1. The van der Waals surface area contributed by atoms with E-state index in [1.54, 1.807) is 6.20 Å². The molecule has 0 bridgehead atoms. The molecule has 0 unspecified atom stereocenters. The van der Waals surface area contributed by atoms with Crippen LogP contribution < -0.4 is 5.32 Å². The van der Waals surface area contributed by atoms with Crippen LogP contribution in [0.4, 0.5) is 0 Å². The molecule has 3 rings (SSSR count). The van der Waals surface area contributed by atoms with E-state index in [-0.39, 0.29) is 11.8 Å². The van der Waals surface area contributed by atoms with Gasteiger partial charge >= 0.3 is 0 Å². The number of nitrogens with one attached hydrogen (secondary N) is 1. The van der Waals surface area contributed by atoms with Gasteiger partial charge in [0, 0.05) is 24.7 Å². The highest BCUT2D eigenvalue weighted by Crippen LogP contribution is 2.25. The van der Waals surface area contributed by atoms with Gasteiger partial charge in [-0.2, -0.15) is 5.10 Å². The fourth-order valence-electron chi connectivity index (χ4n) is 3.09. The Balaban J connectivity index is 1.96. The summed E-state index contributed by atoms with van der Waals surface area (Å²) in [5, 5.41) is 8.50. The van der Waals surface area contributed by atoms with Gasteiger partial charge in [-0.1, -0.05) is 25.4 Å². The van der Waals surface area contributed by atoms with Crippen molar-refractivity contribution in [2.75, 3.05) is 26.2 Å². The first-order valence-corrected chi connectivity index (χ1v) is 8.79. The Hall–Kier alpha value is -1.85. The van der Waals surface area contributed by atoms with Gasteiger partial charge < -0.3 is 10.2 Å². The molecule has 5 nitrogen and oxygen atoms in total. The SMILES string of the molecule is CC(C)c1c(C(=O)N2CCCNCC2)cnn1-c1ccc(Cl)cc1. The standard InChI is InChI=1S/C18H23ClN4O/c1-13(2)17-16(18(24)22-10-3-8-20-9-11-22)12-21-23(17)15-6-4-14(19)5-7-15/h4-7,12-13,20H,3,8-11H2,1-2H3. The monoisotopic (exact) mass is 346 g/mol. The number of halogens is 1. The highest BCUT2D eigenvalue weighted by molar-refractivity contribution is 6.30. The highest BCUT2D eigenvalue weighted by Gasteiger charge is 2.25. The zero-order valence-corrected chi connectivity index (χ0v) is 14.9. The van der Waals surface area contributed by atoms with Crippen molar-refractivity contribution in [1.82, 2.24) is 20.0 Å².